The molecule has 0 aliphatic carbocycles. The molecule has 0 fully saturated rings. The Morgan fingerprint density at radius 1 is 1.08 bits per heavy atom. The third kappa shape index (κ3) is 4.37. The average molecular weight is 347 g/mol. The zero-order valence-electron chi connectivity index (χ0n) is 13.8. The summed E-state index contributed by atoms with van der Waals surface area (Å²) in [7, 11) is 0. The second-order valence-corrected chi connectivity index (χ2v) is 5.47. The van der Waals surface area contributed by atoms with Crippen LogP contribution in [0.5, 0.6) is 11.5 Å². The Morgan fingerprint density at radius 3 is 2.76 bits per heavy atom. The molecule has 0 saturated heterocycles. The molecule has 2 N–H and O–H groups in total. The molecule has 0 radical (unpaired) electrons. The van der Waals surface area contributed by atoms with Gasteiger partial charge in [-0.25, -0.2) is 13.8 Å². The molecule has 2 aromatic rings. The average Bonchev–Trinajstić information content (AvgIpc) is 3.07. The number of nitrogens with one attached hydrogen (secondary N) is 2. The monoisotopic (exact) mass is 347 g/mol. The lowest BCUT2D eigenvalue weighted by Crippen LogP contribution is -2.37. The topological polar surface area (TPSA) is 54.9 Å². The normalized spacial score (nSPS) is 13.0. The first kappa shape index (κ1) is 17.0. The van der Waals surface area contributed by atoms with Crippen molar-refractivity contribution in [2.75, 3.05) is 13.3 Å². The largest absolute Gasteiger partial charge is 0.454 e. The number of aliphatic imine (C=N–C) groups is 1. The third-order valence-electron chi connectivity index (χ3n) is 3.65. The molecular formula is C18H19F2N3O2. The van der Waals surface area contributed by atoms with Crippen LogP contribution in [0.15, 0.2) is 41.4 Å². The van der Waals surface area contributed by atoms with E-state index in [9.17, 15) is 8.78 Å². The van der Waals surface area contributed by atoms with Gasteiger partial charge in [0, 0.05) is 18.7 Å². The third-order valence-corrected chi connectivity index (χ3v) is 3.65. The van der Waals surface area contributed by atoms with E-state index in [1.54, 1.807) is 0 Å². The summed E-state index contributed by atoms with van der Waals surface area (Å²) in [5.74, 6) is 1.01. The summed E-state index contributed by atoms with van der Waals surface area (Å²) in [6, 6.07) is 9.01. The molecule has 25 heavy (non-hydrogen) atoms. The zero-order chi connectivity index (χ0) is 17.6. The molecule has 3 rings (SSSR count). The summed E-state index contributed by atoms with van der Waals surface area (Å²) in [6.07, 6.45) is 0. The van der Waals surface area contributed by atoms with Gasteiger partial charge in [-0.1, -0.05) is 6.07 Å². The van der Waals surface area contributed by atoms with Crippen LogP contribution < -0.4 is 20.1 Å². The summed E-state index contributed by atoms with van der Waals surface area (Å²) < 4.78 is 37.5. The standard InChI is InChI=1S/C18H19F2N3O2/c1-2-21-18(23-10-13-8-14(19)4-5-15(13)20)22-9-12-3-6-16-17(7-12)25-11-24-16/h3-8H,2,9-11H2,1H3,(H2,21,22,23). The minimum atomic E-state index is -0.472. The molecule has 7 heteroatoms. The number of hydrogen-bond acceptors (Lipinski definition) is 3. The maximum absolute atomic E-state index is 13.7. The van der Waals surface area contributed by atoms with E-state index < -0.39 is 11.6 Å². The van der Waals surface area contributed by atoms with Crippen molar-refractivity contribution in [2.24, 2.45) is 4.99 Å². The van der Waals surface area contributed by atoms with Crippen molar-refractivity contribution in [1.82, 2.24) is 10.6 Å². The number of hydrogen-bond donors (Lipinski definition) is 2. The first-order valence-electron chi connectivity index (χ1n) is 8.00. The summed E-state index contributed by atoms with van der Waals surface area (Å²) in [6.45, 7) is 3.36. The van der Waals surface area contributed by atoms with Gasteiger partial charge in [0.25, 0.3) is 0 Å². The lowest BCUT2D eigenvalue weighted by molar-refractivity contribution is 0.174. The van der Waals surface area contributed by atoms with Crippen LogP contribution in [-0.2, 0) is 13.1 Å². The lowest BCUT2D eigenvalue weighted by Gasteiger charge is -2.12. The lowest BCUT2D eigenvalue weighted by atomic mass is 10.2. The maximum atomic E-state index is 13.7. The highest BCUT2D eigenvalue weighted by molar-refractivity contribution is 5.79. The molecule has 1 heterocycles. The van der Waals surface area contributed by atoms with E-state index in [0.717, 1.165) is 23.4 Å². The molecule has 0 aromatic heterocycles. The van der Waals surface area contributed by atoms with E-state index in [1.165, 1.54) is 6.07 Å². The molecule has 0 amide bonds. The van der Waals surface area contributed by atoms with Crippen molar-refractivity contribution in [3.8, 4) is 11.5 Å². The molecular weight excluding hydrogens is 328 g/mol. The molecule has 132 valence electrons. The smallest absolute Gasteiger partial charge is 0.231 e. The summed E-state index contributed by atoms with van der Waals surface area (Å²) in [5.41, 5.74) is 1.20. The highest BCUT2D eigenvalue weighted by Crippen LogP contribution is 2.32. The van der Waals surface area contributed by atoms with Gasteiger partial charge in [0.15, 0.2) is 17.5 Å². The van der Waals surface area contributed by atoms with Crippen molar-refractivity contribution in [1.29, 1.82) is 0 Å². The van der Waals surface area contributed by atoms with E-state index in [0.29, 0.717) is 24.8 Å². The Labute approximate surface area is 144 Å². The van der Waals surface area contributed by atoms with Gasteiger partial charge in [-0.15, -0.1) is 0 Å². The van der Waals surface area contributed by atoms with Gasteiger partial charge in [0.05, 0.1) is 6.54 Å². The first-order chi connectivity index (χ1) is 12.2. The van der Waals surface area contributed by atoms with Crippen molar-refractivity contribution < 1.29 is 18.3 Å². The Morgan fingerprint density at radius 2 is 1.92 bits per heavy atom. The SMILES string of the molecule is CCNC(=NCc1ccc2c(c1)OCO2)NCc1cc(F)ccc1F. The van der Waals surface area contributed by atoms with Gasteiger partial charge in [-0.3, -0.25) is 0 Å². The molecule has 5 nitrogen and oxygen atoms in total. The van der Waals surface area contributed by atoms with E-state index in [2.05, 4.69) is 15.6 Å². The molecule has 2 aromatic carbocycles. The summed E-state index contributed by atoms with van der Waals surface area (Å²) in [4.78, 5) is 4.46. The van der Waals surface area contributed by atoms with Crippen LogP contribution in [0.4, 0.5) is 8.78 Å². The van der Waals surface area contributed by atoms with E-state index in [4.69, 9.17) is 9.47 Å². The van der Waals surface area contributed by atoms with Crippen molar-refractivity contribution in [3.05, 3.63) is 59.2 Å². The Kier molecular flexibility index (Phi) is 5.33. The number of fused-ring (bicyclic) bond motifs is 1. The van der Waals surface area contributed by atoms with Crippen LogP contribution in [0.1, 0.15) is 18.1 Å². The number of rotatable bonds is 5. The number of guanidine groups is 1. The first-order valence-corrected chi connectivity index (χ1v) is 8.00. The maximum Gasteiger partial charge on any atom is 0.231 e. The van der Waals surface area contributed by atoms with Crippen LogP contribution >= 0.6 is 0 Å². The highest BCUT2D eigenvalue weighted by atomic mass is 19.1. The van der Waals surface area contributed by atoms with Crippen LogP contribution in [0.3, 0.4) is 0 Å². The van der Waals surface area contributed by atoms with Crippen molar-refractivity contribution in [3.63, 3.8) is 0 Å². The van der Waals surface area contributed by atoms with Gasteiger partial charge in [-0.2, -0.15) is 0 Å². The fourth-order valence-corrected chi connectivity index (χ4v) is 2.41. The predicted octanol–water partition coefficient (Wildman–Crippen LogP) is 2.95. The van der Waals surface area contributed by atoms with Crippen LogP contribution in [0.25, 0.3) is 0 Å². The summed E-state index contributed by atoms with van der Waals surface area (Å²) in [5, 5.41) is 6.08. The molecule has 0 unspecified atom stereocenters. The van der Waals surface area contributed by atoms with Crippen LogP contribution in [0, 0.1) is 11.6 Å². The number of nitrogens with zero attached hydrogens (tertiary/aromatic N) is 1. The Balaban J connectivity index is 1.65. The van der Waals surface area contributed by atoms with E-state index in [-0.39, 0.29) is 18.9 Å². The Bertz CT molecular complexity index is 781. The summed E-state index contributed by atoms with van der Waals surface area (Å²) >= 11 is 0. The van der Waals surface area contributed by atoms with Gasteiger partial charge in [-0.05, 0) is 42.8 Å². The Hall–Kier alpha value is -2.83. The number of ether oxygens (including phenoxy) is 2. The molecule has 1 aliphatic heterocycles. The van der Waals surface area contributed by atoms with Crippen molar-refractivity contribution >= 4 is 5.96 Å². The molecule has 0 bridgehead atoms. The predicted molar refractivity (Wildman–Crippen MR) is 90.6 cm³/mol. The fourth-order valence-electron chi connectivity index (χ4n) is 2.41. The fraction of sp³-hybridized carbons (Fsp3) is 0.278. The van der Waals surface area contributed by atoms with Crippen LogP contribution in [-0.4, -0.2) is 19.3 Å². The minimum Gasteiger partial charge on any atom is -0.454 e. The number of halogens is 2. The second kappa shape index (κ2) is 7.83. The van der Waals surface area contributed by atoms with Gasteiger partial charge in [0.1, 0.15) is 11.6 Å². The van der Waals surface area contributed by atoms with E-state index in [1.807, 2.05) is 25.1 Å². The molecule has 0 spiro atoms. The van der Waals surface area contributed by atoms with Gasteiger partial charge >= 0.3 is 0 Å². The van der Waals surface area contributed by atoms with Crippen LogP contribution in [0.2, 0.25) is 0 Å². The van der Waals surface area contributed by atoms with Gasteiger partial charge < -0.3 is 20.1 Å². The van der Waals surface area contributed by atoms with Gasteiger partial charge in [0.2, 0.25) is 6.79 Å². The second-order valence-electron chi connectivity index (χ2n) is 5.47. The number of benzene rings is 2. The van der Waals surface area contributed by atoms with Crippen molar-refractivity contribution in [2.45, 2.75) is 20.0 Å². The quantitative estimate of drug-likeness (QED) is 0.645. The molecule has 0 saturated carbocycles. The molecule has 0 atom stereocenters. The van der Waals surface area contributed by atoms with E-state index >= 15 is 0 Å². The minimum absolute atomic E-state index is 0.135. The highest BCUT2D eigenvalue weighted by Gasteiger charge is 2.13. The zero-order valence-corrected chi connectivity index (χ0v) is 13.8. The molecule has 1 aliphatic rings.